The molecule has 0 radical (unpaired) electrons. The molecular weight excluding hydrogens is 456 g/mol. The Labute approximate surface area is 211 Å². The summed E-state index contributed by atoms with van der Waals surface area (Å²) in [7, 11) is 0. The SMILES string of the molecule is CCOc1ccc(NC(=O)C(Sc2ccc(NC(=O)C3CCCCC3)cc2)c2ccccc2)cc1. The average Bonchev–Trinajstić information content (AvgIpc) is 2.90. The highest BCUT2D eigenvalue weighted by atomic mass is 32.2. The van der Waals surface area contributed by atoms with Gasteiger partial charge in [-0.05, 0) is 73.9 Å². The molecule has 1 atom stereocenters. The van der Waals surface area contributed by atoms with Gasteiger partial charge in [-0.15, -0.1) is 11.8 Å². The summed E-state index contributed by atoms with van der Waals surface area (Å²) in [6, 6.07) is 24.9. The number of carbonyl (C=O) groups is 2. The van der Waals surface area contributed by atoms with Crippen LogP contribution in [0.1, 0.15) is 49.8 Å². The molecule has 0 saturated heterocycles. The molecule has 2 amide bonds. The van der Waals surface area contributed by atoms with Gasteiger partial charge < -0.3 is 15.4 Å². The van der Waals surface area contributed by atoms with Crippen LogP contribution in [-0.4, -0.2) is 18.4 Å². The van der Waals surface area contributed by atoms with Crippen molar-refractivity contribution in [1.82, 2.24) is 0 Å². The smallest absolute Gasteiger partial charge is 0.242 e. The summed E-state index contributed by atoms with van der Waals surface area (Å²) in [5.74, 6) is 0.906. The van der Waals surface area contributed by atoms with E-state index in [1.807, 2.05) is 85.8 Å². The first-order chi connectivity index (χ1) is 17.1. The maximum absolute atomic E-state index is 13.3. The minimum absolute atomic E-state index is 0.0972. The van der Waals surface area contributed by atoms with Crippen molar-refractivity contribution in [3.63, 3.8) is 0 Å². The Balaban J connectivity index is 1.43. The molecule has 1 aliphatic rings. The summed E-state index contributed by atoms with van der Waals surface area (Å²) >= 11 is 1.49. The number of benzene rings is 3. The Bertz CT molecular complexity index is 1100. The Morgan fingerprint density at radius 2 is 1.49 bits per heavy atom. The molecule has 0 aliphatic heterocycles. The maximum atomic E-state index is 13.3. The molecule has 5 nitrogen and oxygen atoms in total. The highest BCUT2D eigenvalue weighted by Crippen LogP contribution is 2.37. The molecule has 3 aromatic rings. The topological polar surface area (TPSA) is 67.4 Å². The molecule has 0 spiro atoms. The van der Waals surface area contributed by atoms with E-state index in [4.69, 9.17) is 4.74 Å². The molecule has 182 valence electrons. The van der Waals surface area contributed by atoms with Gasteiger partial charge in [0.25, 0.3) is 0 Å². The predicted molar refractivity (Wildman–Crippen MR) is 143 cm³/mol. The molecule has 1 aliphatic carbocycles. The summed E-state index contributed by atoms with van der Waals surface area (Å²) in [5.41, 5.74) is 2.44. The van der Waals surface area contributed by atoms with E-state index < -0.39 is 5.25 Å². The van der Waals surface area contributed by atoms with Crippen molar-refractivity contribution in [2.45, 2.75) is 49.2 Å². The zero-order valence-electron chi connectivity index (χ0n) is 20.0. The number of thioether (sulfide) groups is 1. The van der Waals surface area contributed by atoms with Crippen LogP contribution in [0.15, 0.2) is 83.8 Å². The normalized spacial score (nSPS) is 14.7. The van der Waals surface area contributed by atoms with Crippen molar-refractivity contribution in [3.8, 4) is 5.75 Å². The first-order valence-electron chi connectivity index (χ1n) is 12.3. The van der Waals surface area contributed by atoms with Crippen LogP contribution in [0.3, 0.4) is 0 Å². The Kier molecular flexibility index (Phi) is 8.85. The van der Waals surface area contributed by atoms with Crippen LogP contribution in [-0.2, 0) is 9.59 Å². The molecule has 0 heterocycles. The van der Waals surface area contributed by atoms with Crippen molar-refractivity contribution in [3.05, 3.63) is 84.4 Å². The van der Waals surface area contributed by atoms with Gasteiger partial charge in [0, 0.05) is 22.2 Å². The van der Waals surface area contributed by atoms with Gasteiger partial charge in [0.1, 0.15) is 11.0 Å². The van der Waals surface area contributed by atoms with Gasteiger partial charge in [-0.3, -0.25) is 9.59 Å². The van der Waals surface area contributed by atoms with Gasteiger partial charge in [0.05, 0.1) is 6.61 Å². The summed E-state index contributed by atoms with van der Waals surface area (Å²) in [5, 5.41) is 5.66. The Hall–Kier alpha value is -3.25. The van der Waals surface area contributed by atoms with E-state index in [0.717, 1.165) is 53.3 Å². The number of ether oxygens (including phenoxy) is 1. The molecule has 1 saturated carbocycles. The maximum Gasteiger partial charge on any atom is 0.242 e. The van der Waals surface area contributed by atoms with Crippen LogP contribution in [0, 0.1) is 5.92 Å². The first-order valence-corrected chi connectivity index (χ1v) is 13.2. The summed E-state index contributed by atoms with van der Waals surface area (Å²) in [6.07, 6.45) is 5.44. The Morgan fingerprint density at radius 3 is 2.14 bits per heavy atom. The molecular formula is C29H32N2O3S. The Morgan fingerprint density at radius 1 is 0.857 bits per heavy atom. The molecule has 0 aromatic heterocycles. The fraction of sp³-hybridized carbons (Fsp3) is 0.310. The van der Waals surface area contributed by atoms with Crippen LogP contribution in [0.4, 0.5) is 11.4 Å². The van der Waals surface area contributed by atoms with E-state index in [1.54, 1.807) is 0 Å². The monoisotopic (exact) mass is 488 g/mol. The van der Waals surface area contributed by atoms with E-state index in [2.05, 4.69) is 10.6 Å². The molecule has 6 heteroatoms. The second kappa shape index (κ2) is 12.5. The molecule has 2 N–H and O–H groups in total. The van der Waals surface area contributed by atoms with Crippen molar-refractivity contribution in [1.29, 1.82) is 0 Å². The predicted octanol–water partition coefficient (Wildman–Crippen LogP) is 7.08. The van der Waals surface area contributed by atoms with Gasteiger partial charge in [-0.2, -0.15) is 0 Å². The first kappa shape index (κ1) is 24.9. The molecule has 1 fully saturated rings. The average molecular weight is 489 g/mol. The van der Waals surface area contributed by atoms with Crippen LogP contribution >= 0.6 is 11.8 Å². The van der Waals surface area contributed by atoms with Crippen LogP contribution in [0.2, 0.25) is 0 Å². The second-order valence-corrected chi connectivity index (χ2v) is 9.88. The lowest BCUT2D eigenvalue weighted by Gasteiger charge is -2.21. The van der Waals surface area contributed by atoms with Gasteiger partial charge in [0.2, 0.25) is 11.8 Å². The molecule has 3 aromatic carbocycles. The molecule has 35 heavy (non-hydrogen) atoms. The number of anilines is 2. The van der Waals surface area contributed by atoms with Gasteiger partial charge in [-0.1, -0.05) is 49.6 Å². The fourth-order valence-electron chi connectivity index (χ4n) is 4.27. The lowest BCUT2D eigenvalue weighted by atomic mass is 9.88. The van der Waals surface area contributed by atoms with E-state index in [0.29, 0.717) is 6.61 Å². The second-order valence-electron chi connectivity index (χ2n) is 8.70. The van der Waals surface area contributed by atoms with E-state index in [1.165, 1.54) is 18.2 Å². The number of hydrogen-bond donors (Lipinski definition) is 2. The lowest BCUT2D eigenvalue weighted by molar-refractivity contribution is -0.120. The molecule has 4 rings (SSSR count). The number of amides is 2. The van der Waals surface area contributed by atoms with Crippen LogP contribution in [0.5, 0.6) is 5.75 Å². The van der Waals surface area contributed by atoms with E-state index in [-0.39, 0.29) is 17.7 Å². The van der Waals surface area contributed by atoms with Crippen molar-refractivity contribution >= 4 is 35.0 Å². The van der Waals surface area contributed by atoms with Crippen molar-refractivity contribution < 1.29 is 14.3 Å². The number of hydrogen-bond acceptors (Lipinski definition) is 4. The standard InChI is InChI=1S/C29H32N2O3S/c1-2-34-25-17-13-23(14-18-25)31-29(33)27(21-9-5-3-6-10-21)35-26-19-15-24(16-20-26)30-28(32)22-11-7-4-8-12-22/h3,5-6,9-10,13-20,22,27H,2,4,7-8,11-12H2,1H3,(H,30,32)(H,31,33). The minimum atomic E-state index is -0.426. The summed E-state index contributed by atoms with van der Waals surface area (Å²) in [4.78, 5) is 26.8. The third kappa shape index (κ3) is 7.12. The highest BCUT2D eigenvalue weighted by Gasteiger charge is 2.23. The largest absolute Gasteiger partial charge is 0.494 e. The summed E-state index contributed by atoms with van der Waals surface area (Å²) in [6.45, 7) is 2.54. The third-order valence-corrected chi connectivity index (χ3v) is 7.39. The zero-order chi connectivity index (χ0) is 24.5. The quantitative estimate of drug-likeness (QED) is 0.316. The summed E-state index contributed by atoms with van der Waals surface area (Å²) < 4.78 is 5.49. The number of rotatable bonds is 9. The van der Waals surface area contributed by atoms with Crippen LogP contribution in [0.25, 0.3) is 0 Å². The van der Waals surface area contributed by atoms with Crippen molar-refractivity contribution in [2.75, 3.05) is 17.2 Å². The van der Waals surface area contributed by atoms with Gasteiger partial charge >= 0.3 is 0 Å². The van der Waals surface area contributed by atoms with Crippen LogP contribution < -0.4 is 15.4 Å². The highest BCUT2D eigenvalue weighted by molar-refractivity contribution is 8.00. The number of carbonyl (C=O) groups excluding carboxylic acids is 2. The van der Waals surface area contributed by atoms with E-state index >= 15 is 0 Å². The minimum Gasteiger partial charge on any atom is -0.494 e. The fourth-order valence-corrected chi connectivity index (χ4v) is 5.30. The molecule has 1 unspecified atom stereocenters. The van der Waals surface area contributed by atoms with Gasteiger partial charge in [0.15, 0.2) is 0 Å². The van der Waals surface area contributed by atoms with Gasteiger partial charge in [-0.25, -0.2) is 0 Å². The lowest BCUT2D eigenvalue weighted by Crippen LogP contribution is -2.24. The zero-order valence-corrected chi connectivity index (χ0v) is 20.9. The third-order valence-electron chi connectivity index (χ3n) is 6.13. The van der Waals surface area contributed by atoms with E-state index in [9.17, 15) is 9.59 Å². The molecule has 0 bridgehead atoms. The van der Waals surface area contributed by atoms with Crippen molar-refractivity contribution in [2.24, 2.45) is 5.92 Å². The number of nitrogens with one attached hydrogen (secondary N) is 2.